The summed E-state index contributed by atoms with van der Waals surface area (Å²) in [7, 11) is 0. The van der Waals surface area contributed by atoms with E-state index in [1.165, 1.54) is 0 Å². The Balaban J connectivity index is -0.000000107. The van der Waals surface area contributed by atoms with Gasteiger partial charge in [0.05, 0.1) is 11.2 Å². The summed E-state index contributed by atoms with van der Waals surface area (Å²) in [6, 6.07) is 0. The molecule has 0 aromatic heterocycles. The molecule has 11 heavy (non-hydrogen) atoms. The first-order valence-corrected chi connectivity index (χ1v) is 3.45. The van der Waals surface area contributed by atoms with Crippen LogP contribution in [-0.4, -0.2) is 21.4 Å². The minimum absolute atomic E-state index is 0. The predicted octanol–water partition coefficient (Wildman–Crippen LogP) is 1.55. The fourth-order valence-corrected chi connectivity index (χ4v) is 0. The van der Waals surface area contributed by atoms with E-state index in [1.807, 2.05) is 0 Å². The van der Waals surface area contributed by atoms with Gasteiger partial charge in [0.2, 0.25) is 0 Å². The summed E-state index contributed by atoms with van der Waals surface area (Å²) in [6.45, 7) is 10.5. The Hall–Kier alpha value is 0.543. The van der Waals surface area contributed by atoms with Crippen LogP contribution >= 0.6 is 0 Å². The van der Waals surface area contributed by atoms with Gasteiger partial charge in [-0.05, 0) is 41.5 Å². The maximum absolute atomic E-state index is 8.52. The van der Waals surface area contributed by atoms with E-state index < -0.39 is 11.2 Å². The Labute approximate surface area is 82.8 Å². The van der Waals surface area contributed by atoms with Gasteiger partial charge in [0, 0.05) is 19.5 Å². The van der Waals surface area contributed by atoms with Crippen LogP contribution in [0, 0.1) is 0 Å². The van der Waals surface area contributed by atoms with Gasteiger partial charge in [0.25, 0.3) is 0 Å². The Kier molecular flexibility index (Phi) is 9.75. The molecule has 0 radical (unpaired) electrons. The van der Waals surface area contributed by atoms with Crippen LogP contribution < -0.4 is 0 Å². The summed E-state index contributed by atoms with van der Waals surface area (Å²) in [5.74, 6) is 0. The monoisotopic (exact) mass is 212 g/mol. The molecule has 0 aliphatic heterocycles. The molecule has 66 valence electrons. The van der Waals surface area contributed by atoms with Crippen molar-refractivity contribution in [3.8, 4) is 0 Å². The van der Waals surface area contributed by atoms with Gasteiger partial charge in [-0.15, -0.1) is 0 Å². The SMILES string of the molecule is CC(C)(C)O.CC(C)(C)O.[Zn]. The van der Waals surface area contributed by atoms with E-state index in [4.69, 9.17) is 10.2 Å². The standard InChI is InChI=1S/2C4H10O.Zn/c2*1-4(2,3)5;/h2*5H,1-3H3;. The molecular formula is C8H20O2Zn. The van der Waals surface area contributed by atoms with Gasteiger partial charge < -0.3 is 10.2 Å². The number of rotatable bonds is 0. The molecule has 0 heterocycles. The molecular weight excluding hydrogens is 193 g/mol. The van der Waals surface area contributed by atoms with Crippen LogP contribution in [0.5, 0.6) is 0 Å². The van der Waals surface area contributed by atoms with Gasteiger partial charge in [-0.1, -0.05) is 0 Å². The second-order valence-electron chi connectivity index (χ2n) is 4.34. The summed E-state index contributed by atoms with van der Waals surface area (Å²) in [4.78, 5) is 0. The molecule has 0 fully saturated rings. The summed E-state index contributed by atoms with van der Waals surface area (Å²) >= 11 is 0. The first kappa shape index (κ1) is 17.6. The van der Waals surface area contributed by atoms with Crippen molar-refractivity contribution >= 4 is 0 Å². The van der Waals surface area contributed by atoms with E-state index in [9.17, 15) is 0 Å². The summed E-state index contributed by atoms with van der Waals surface area (Å²) in [6.07, 6.45) is 0. The second-order valence-corrected chi connectivity index (χ2v) is 4.34. The van der Waals surface area contributed by atoms with Gasteiger partial charge in [0.15, 0.2) is 0 Å². The Morgan fingerprint density at radius 3 is 0.636 bits per heavy atom. The van der Waals surface area contributed by atoms with Crippen LogP contribution in [0.1, 0.15) is 41.5 Å². The zero-order valence-corrected chi connectivity index (χ0v) is 11.6. The third-order valence-corrected chi connectivity index (χ3v) is 0. The van der Waals surface area contributed by atoms with Crippen molar-refractivity contribution in [2.45, 2.75) is 52.7 Å². The smallest absolute Gasteiger partial charge is 0.0563 e. The Bertz CT molecular complexity index is 55.1. The molecule has 0 aromatic rings. The van der Waals surface area contributed by atoms with E-state index in [0.717, 1.165) is 0 Å². The van der Waals surface area contributed by atoms with Crippen LogP contribution in [0.15, 0.2) is 0 Å². The second kappa shape index (κ2) is 6.10. The van der Waals surface area contributed by atoms with Gasteiger partial charge in [-0.25, -0.2) is 0 Å². The molecule has 3 heteroatoms. The zero-order valence-electron chi connectivity index (χ0n) is 8.60. The average Bonchev–Trinajstić information content (AvgIpc) is 1.12. The number of aliphatic hydroxyl groups is 2. The summed E-state index contributed by atoms with van der Waals surface area (Å²) in [5.41, 5.74) is -1.00. The minimum atomic E-state index is -0.500. The van der Waals surface area contributed by atoms with Crippen molar-refractivity contribution in [3.05, 3.63) is 0 Å². The third-order valence-electron chi connectivity index (χ3n) is 0. The van der Waals surface area contributed by atoms with Gasteiger partial charge in [-0.3, -0.25) is 0 Å². The molecule has 0 bridgehead atoms. The fraction of sp³-hybridized carbons (Fsp3) is 1.00. The summed E-state index contributed by atoms with van der Waals surface area (Å²) in [5, 5.41) is 17.0. The van der Waals surface area contributed by atoms with Gasteiger partial charge in [0.1, 0.15) is 0 Å². The van der Waals surface area contributed by atoms with Crippen LogP contribution in [0.25, 0.3) is 0 Å². The van der Waals surface area contributed by atoms with E-state index in [-0.39, 0.29) is 19.5 Å². The molecule has 0 saturated heterocycles. The molecule has 0 aromatic carbocycles. The topological polar surface area (TPSA) is 40.5 Å². The first-order chi connectivity index (χ1) is 4.00. The molecule has 0 unspecified atom stereocenters. The predicted molar refractivity (Wildman–Crippen MR) is 43.9 cm³/mol. The Morgan fingerprint density at radius 1 is 0.636 bits per heavy atom. The van der Waals surface area contributed by atoms with E-state index in [0.29, 0.717) is 0 Å². The van der Waals surface area contributed by atoms with E-state index in [2.05, 4.69) is 0 Å². The molecule has 0 saturated carbocycles. The largest absolute Gasteiger partial charge is 0.391 e. The van der Waals surface area contributed by atoms with E-state index in [1.54, 1.807) is 41.5 Å². The zero-order chi connectivity index (χ0) is 9.00. The number of hydrogen-bond acceptors (Lipinski definition) is 2. The van der Waals surface area contributed by atoms with Crippen LogP contribution in [0.2, 0.25) is 0 Å². The van der Waals surface area contributed by atoms with Crippen LogP contribution in [0.4, 0.5) is 0 Å². The normalized spacial score (nSPS) is 10.9. The molecule has 0 spiro atoms. The maximum atomic E-state index is 8.52. The van der Waals surface area contributed by atoms with E-state index >= 15 is 0 Å². The molecule has 0 rings (SSSR count). The molecule has 0 aliphatic rings. The van der Waals surface area contributed by atoms with Gasteiger partial charge >= 0.3 is 0 Å². The van der Waals surface area contributed by atoms with Gasteiger partial charge in [-0.2, -0.15) is 0 Å². The van der Waals surface area contributed by atoms with Crippen molar-refractivity contribution in [2.75, 3.05) is 0 Å². The summed E-state index contributed by atoms with van der Waals surface area (Å²) < 4.78 is 0. The molecule has 0 atom stereocenters. The molecule has 2 nitrogen and oxygen atoms in total. The van der Waals surface area contributed by atoms with Crippen LogP contribution in [0.3, 0.4) is 0 Å². The quantitative estimate of drug-likeness (QED) is 0.600. The molecule has 2 N–H and O–H groups in total. The van der Waals surface area contributed by atoms with Crippen molar-refractivity contribution in [1.29, 1.82) is 0 Å². The minimum Gasteiger partial charge on any atom is -0.391 e. The molecule has 0 amide bonds. The third kappa shape index (κ3) is 2610. The fourth-order valence-electron chi connectivity index (χ4n) is 0. The van der Waals surface area contributed by atoms with Crippen molar-refractivity contribution < 1.29 is 29.7 Å². The van der Waals surface area contributed by atoms with Crippen molar-refractivity contribution in [1.82, 2.24) is 0 Å². The average molecular weight is 214 g/mol. The number of hydrogen-bond donors (Lipinski definition) is 2. The first-order valence-electron chi connectivity index (χ1n) is 3.45. The van der Waals surface area contributed by atoms with Crippen molar-refractivity contribution in [3.63, 3.8) is 0 Å². The molecule has 0 aliphatic carbocycles. The Morgan fingerprint density at radius 2 is 0.636 bits per heavy atom. The van der Waals surface area contributed by atoms with Crippen LogP contribution in [-0.2, 0) is 19.5 Å². The van der Waals surface area contributed by atoms with Crippen molar-refractivity contribution in [2.24, 2.45) is 0 Å². The maximum Gasteiger partial charge on any atom is 0.0563 e.